The van der Waals surface area contributed by atoms with E-state index >= 15 is 0 Å². The Bertz CT molecular complexity index is 907. The molecule has 0 saturated carbocycles. The van der Waals surface area contributed by atoms with E-state index < -0.39 is 0 Å². The quantitative estimate of drug-likeness (QED) is 0.358. The summed E-state index contributed by atoms with van der Waals surface area (Å²) in [5, 5.41) is 8.40. The molecule has 0 radical (unpaired) electrons. The molecule has 0 nitrogen and oxygen atoms in total. The van der Waals surface area contributed by atoms with Crippen molar-refractivity contribution in [2.75, 3.05) is 0 Å². The van der Waals surface area contributed by atoms with Crippen molar-refractivity contribution in [1.29, 1.82) is 0 Å². The molecule has 0 aliphatic rings. The van der Waals surface area contributed by atoms with Crippen molar-refractivity contribution >= 4 is 32.3 Å². The zero-order valence-corrected chi connectivity index (χ0v) is 11.5. The van der Waals surface area contributed by atoms with Crippen molar-refractivity contribution in [2.24, 2.45) is 0 Å². The number of aryl methyl sites for hydroxylation is 3. The Labute approximate surface area is 113 Å². The van der Waals surface area contributed by atoms with Gasteiger partial charge < -0.3 is 0 Å². The standard InChI is InChI=1S/C19H16/c1-11-4-5-14-6-7-16-12(2)10-13(3)17-9-8-15(11)18(14)19(16)17/h4-10H,1-3H3. The third-order valence-electron chi connectivity index (χ3n) is 4.41. The highest BCUT2D eigenvalue weighted by atomic mass is 14.2. The van der Waals surface area contributed by atoms with E-state index in [2.05, 4.69) is 63.2 Å². The fraction of sp³-hybridized carbons (Fsp3) is 0.158. The highest BCUT2D eigenvalue weighted by molar-refractivity contribution is 6.24. The van der Waals surface area contributed by atoms with Gasteiger partial charge in [-0.3, -0.25) is 0 Å². The third kappa shape index (κ3) is 1.29. The number of hydrogen-bond donors (Lipinski definition) is 0. The fourth-order valence-electron chi connectivity index (χ4n) is 3.43. The van der Waals surface area contributed by atoms with Crippen molar-refractivity contribution in [2.45, 2.75) is 20.8 Å². The number of rotatable bonds is 0. The van der Waals surface area contributed by atoms with Crippen LogP contribution in [0.3, 0.4) is 0 Å². The molecule has 4 aromatic carbocycles. The minimum Gasteiger partial charge on any atom is -0.0581 e. The lowest BCUT2D eigenvalue weighted by Gasteiger charge is -2.15. The molecule has 0 N–H and O–H groups in total. The molecule has 92 valence electrons. The van der Waals surface area contributed by atoms with Crippen LogP contribution in [-0.4, -0.2) is 0 Å². The zero-order chi connectivity index (χ0) is 13.1. The monoisotopic (exact) mass is 244 g/mol. The van der Waals surface area contributed by atoms with Gasteiger partial charge in [-0.2, -0.15) is 0 Å². The van der Waals surface area contributed by atoms with Gasteiger partial charge in [0.25, 0.3) is 0 Å². The van der Waals surface area contributed by atoms with Crippen LogP contribution in [0.25, 0.3) is 32.3 Å². The van der Waals surface area contributed by atoms with E-state index in [-0.39, 0.29) is 0 Å². The van der Waals surface area contributed by atoms with Gasteiger partial charge in [-0.15, -0.1) is 0 Å². The van der Waals surface area contributed by atoms with Crippen molar-refractivity contribution in [3.63, 3.8) is 0 Å². The van der Waals surface area contributed by atoms with Crippen LogP contribution in [0.1, 0.15) is 16.7 Å². The summed E-state index contributed by atoms with van der Waals surface area (Å²) in [5.41, 5.74) is 4.11. The van der Waals surface area contributed by atoms with E-state index in [0.717, 1.165) is 0 Å². The molecule has 0 aliphatic heterocycles. The predicted molar refractivity (Wildman–Crippen MR) is 84.4 cm³/mol. The third-order valence-corrected chi connectivity index (χ3v) is 4.41. The van der Waals surface area contributed by atoms with Crippen LogP contribution < -0.4 is 0 Å². The number of hydrogen-bond acceptors (Lipinski definition) is 0. The summed E-state index contributed by atoms with van der Waals surface area (Å²) in [6.45, 7) is 6.63. The summed E-state index contributed by atoms with van der Waals surface area (Å²) in [6, 6.07) is 15.9. The molecule has 0 spiro atoms. The zero-order valence-electron chi connectivity index (χ0n) is 11.5. The minimum absolute atomic E-state index is 1.35. The van der Waals surface area contributed by atoms with E-state index in [1.54, 1.807) is 0 Å². The van der Waals surface area contributed by atoms with Gasteiger partial charge in [-0.25, -0.2) is 0 Å². The summed E-state index contributed by atoms with van der Waals surface area (Å²) >= 11 is 0. The summed E-state index contributed by atoms with van der Waals surface area (Å²) < 4.78 is 0. The Morgan fingerprint density at radius 2 is 1.05 bits per heavy atom. The van der Waals surface area contributed by atoms with Crippen molar-refractivity contribution in [3.8, 4) is 0 Å². The molecule has 0 heteroatoms. The van der Waals surface area contributed by atoms with Gasteiger partial charge in [0.05, 0.1) is 0 Å². The van der Waals surface area contributed by atoms with Gasteiger partial charge in [-0.1, -0.05) is 42.5 Å². The highest BCUT2D eigenvalue weighted by Gasteiger charge is 2.11. The Kier molecular flexibility index (Phi) is 1.98. The van der Waals surface area contributed by atoms with E-state index in [4.69, 9.17) is 0 Å². The molecular formula is C19H16. The normalized spacial score (nSPS) is 11.9. The van der Waals surface area contributed by atoms with Crippen LogP contribution in [0.5, 0.6) is 0 Å². The maximum Gasteiger partial charge on any atom is -0.00214 e. The van der Waals surface area contributed by atoms with Crippen LogP contribution in [0.2, 0.25) is 0 Å². The molecule has 0 bridgehead atoms. The van der Waals surface area contributed by atoms with Gasteiger partial charge in [0.1, 0.15) is 0 Å². The van der Waals surface area contributed by atoms with Crippen LogP contribution in [-0.2, 0) is 0 Å². The molecule has 0 heterocycles. The summed E-state index contributed by atoms with van der Waals surface area (Å²) in [5.74, 6) is 0. The predicted octanol–water partition coefficient (Wildman–Crippen LogP) is 5.51. The smallest absolute Gasteiger partial charge is 0.00214 e. The van der Waals surface area contributed by atoms with Crippen molar-refractivity contribution in [3.05, 3.63) is 59.2 Å². The summed E-state index contributed by atoms with van der Waals surface area (Å²) in [4.78, 5) is 0. The fourth-order valence-corrected chi connectivity index (χ4v) is 3.43. The molecule has 4 rings (SSSR count). The second-order valence-corrected chi connectivity index (χ2v) is 5.64. The molecule has 0 saturated heterocycles. The summed E-state index contributed by atoms with van der Waals surface area (Å²) in [6.07, 6.45) is 0. The van der Waals surface area contributed by atoms with Gasteiger partial charge in [0, 0.05) is 0 Å². The molecule has 0 aromatic heterocycles. The van der Waals surface area contributed by atoms with E-state index in [9.17, 15) is 0 Å². The molecular weight excluding hydrogens is 228 g/mol. The highest BCUT2D eigenvalue weighted by Crippen LogP contribution is 2.38. The molecule has 19 heavy (non-hydrogen) atoms. The van der Waals surface area contributed by atoms with Crippen molar-refractivity contribution < 1.29 is 0 Å². The van der Waals surface area contributed by atoms with Gasteiger partial charge >= 0.3 is 0 Å². The first-order valence-corrected chi connectivity index (χ1v) is 6.81. The average Bonchev–Trinajstić information content (AvgIpc) is 2.41. The lowest BCUT2D eigenvalue weighted by molar-refractivity contribution is 1.46. The van der Waals surface area contributed by atoms with Gasteiger partial charge in [-0.05, 0) is 69.8 Å². The first-order valence-electron chi connectivity index (χ1n) is 6.81. The Hall–Kier alpha value is -2.08. The Morgan fingerprint density at radius 1 is 0.526 bits per heavy atom. The minimum atomic E-state index is 1.35. The summed E-state index contributed by atoms with van der Waals surface area (Å²) in [7, 11) is 0. The van der Waals surface area contributed by atoms with Crippen LogP contribution in [0, 0.1) is 20.8 Å². The average molecular weight is 244 g/mol. The van der Waals surface area contributed by atoms with Gasteiger partial charge in [0.15, 0.2) is 0 Å². The second kappa shape index (κ2) is 3.48. The molecule has 4 aromatic rings. The van der Waals surface area contributed by atoms with E-state index in [1.165, 1.54) is 49.0 Å². The van der Waals surface area contributed by atoms with E-state index in [0.29, 0.717) is 0 Å². The maximum atomic E-state index is 2.30. The molecule has 0 amide bonds. The number of benzene rings is 4. The van der Waals surface area contributed by atoms with E-state index in [1.807, 2.05) is 0 Å². The molecule has 0 aliphatic carbocycles. The molecule has 0 atom stereocenters. The topological polar surface area (TPSA) is 0 Å². The molecule has 0 fully saturated rings. The SMILES string of the molecule is Cc1ccc2ccc3c(C)cc(C)c4ccc1c2c34. The van der Waals surface area contributed by atoms with Crippen molar-refractivity contribution in [1.82, 2.24) is 0 Å². The van der Waals surface area contributed by atoms with Crippen LogP contribution in [0.4, 0.5) is 0 Å². The maximum absolute atomic E-state index is 2.30. The second-order valence-electron chi connectivity index (χ2n) is 5.64. The molecule has 0 unspecified atom stereocenters. The van der Waals surface area contributed by atoms with Crippen LogP contribution in [0.15, 0.2) is 42.5 Å². The largest absolute Gasteiger partial charge is 0.0581 e. The Morgan fingerprint density at radius 3 is 1.74 bits per heavy atom. The first-order chi connectivity index (χ1) is 9.16. The lowest BCUT2D eigenvalue weighted by Crippen LogP contribution is -1.90. The lowest BCUT2D eigenvalue weighted by atomic mass is 9.89. The van der Waals surface area contributed by atoms with Gasteiger partial charge in [0.2, 0.25) is 0 Å². The first kappa shape index (κ1) is 10.8. The van der Waals surface area contributed by atoms with Crippen LogP contribution >= 0.6 is 0 Å². The Balaban J connectivity index is 2.47.